The zero-order valence-corrected chi connectivity index (χ0v) is 7.82. The standard InChI is InChI=1S/C5H12O4S2/c1-5(6)4-10-2-3-11(7,8)9/h5-6H,2-4H2,1H3,(H,7,8,9)/p-1/t5-/m0/s1. The molecular formula is C5H11O4S2-. The maximum atomic E-state index is 10.0. The summed E-state index contributed by atoms with van der Waals surface area (Å²) in [5.74, 6) is 0.372. The van der Waals surface area contributed by atoms with Gasteiger partial charge < -0.3 is 9.66 Å². The maximum Gasteiger partial charge on any atom is 0.0954 e. The Kier molecular flexibility index (Phi) is 5.07. The van der Waals surface area contributed by atoms with Gasteiger partial charge in [0.25, 0.3) is 0 Å². The van der Waals surface area contributed by atoms with Crippen LogP contribution in [0.3, 0.4) is 0 Å². The molecule has 6 heteroatoms. The molecule has 0 fully saturated rings. The molecule has 0 bridgehead atoms. The van der Waals surface area contributed by atoms with Crippen molar-refractivity contribution in [3.63, 3.8) is 0 Å². The summed E-state index contributed by atoms with van der Waals surface area (Å²) in [6, 6.07) is 0. The second kappa shape index (κ2) is 4.97. The zero-order chi connectivity index (χ0) is 8.91. The topological polar surface area (TPSA) is 77.4 Å². The highest BCUT2D eigenvalue weighted by Gasteiger charge is 1.98. The second-order valence-electron chi connectivity index (χ2n) is 2.19. The summed E-state index contributed by atoms with van der Waals surface area (Å²) in [5, 5.41) is 8.73. The van der Waals surface area contributed by atoms with Gasteiger partial charge in [-0.3, -0.25) is 0 Å². The third-order valence-electron chi connectivity index (χ3n) is 0.837. The average molecular weight is 199 g/mol. The molecule has 4 nitrogen and oxygen atoms in total. The quantitative estimate of drug-likeness (QED) is 0.483. The lowest BCUT2D eigenvalue weighted by molar-refractivity contribution is 0.220. The Morgan fingerprint density at radius 3 is 2.55 bits per heavy atom. The first-order chi connectivity index (χ1) is 4.92. The Morgan fingerprint density at radius 1 is 1.64 bits per heavy atom. The first kappa shape index (κ1) is 11.2. The van der Waals surface area contributed by atoms with Crippen molar-refractivity contribution in [2.75, 3.05) is 17.3 Å². The summed E-state index contributed by atoms with van der Waals surface area (Å²) in [6.07, 6.45) is -0.450. The molecule has 0 unspecified atom stereocenters. The van der Waals surface area contributed by atoms with Crippen LogP contribution in [0.4, 0.5) is 0 Å². The minimum absolute atomic E-state index is 0.261. The van der Waals surface area contributed by atoms with Crippen molar-refractivity contribution in [1.29, 1.82) is 0 Å². The fourth-order valence-electron chi connectivity index (χ4n) is 0.415. The summed E-state index contributed by atoms with van der Waals surface area (Å²) in [7, 11) is -4.07. The highest BCUT2D eigenvalue weighted by atomic mass is 32.2. The molecule has 0 radical (unpaired) electrons. The normalized spacial score (nSPS) is 14.8. The molecule has 0 aliphatic carbocycles. The Labute approximate surface area is 70.7 Å². The predicted octanol–water partition coefficient (Wildman–Crippen LogP) is -0.354. The van der Waals surface area contributed by atoms with Crippen molar-refractivity contribution in [1.82, 2.24) is 0 Å². The molecule has 1 atom stereocenters. The van der Waals surface area contributed by atoms with E-state index in [9.17, 15) is 13.0 Å². The van der Waals surface area contributed by atoms with E-state index in [1.165, 1.54) is 11.8 Å². The highest BCUT2D eigenvalue weighted by Crippen LogP contribution is 2.02. The lowest BCUT2D eigenvalue weighted by Gasteiger charge is -2.06. The van der Waals surface area contributed by atoms with Gasteiger partial charge in [-0.15, -0.1) is 0 Å². The van der Waals surface area contributed by atoms with Crippen LogP contribution in [0.15, 0.2) is 0 Å². The third-order valence-corrected chi connectivity index (χ3v) is 3.01. The van der Waals surface area contributed by atoms with Gasteiger partial charge in [0, 0.05) is 17.3 Å². The van der Waals surface area contributed by atoms with E-state index in [4.69, 9.17) is 5.11 Å². The molecule has 0 saturated heterocycles. The van der Waals surface area contributed by atoms with Crippen LogP contribution in [0.2, 0.25) is 0 Å². The van der Waals surface area contributed by atoms with Crippen molar-refractivity contribution in [3.8, 4) is 0 Å². The van der Waals surface area contributed by atoms with Gasteiger partial charge in [-0.1, -0.05) is 0 Å². The summed E-state index contributed by atoms with van der Waals surface area (Å²) in [4.78, 5) is 0. The van der Waals surface area contributed by atoms with Crippen LogP contribution in [0, 0.1) is 0 Å². The van der Waals surface area contributed by atoms with Crippen LogP contribution >= 0.6 is 11.8 Å². The molecule has 0 aromatic carbocycles. The molecule has 68 valence electrons. The van der Waals surface area contributed by atoms with Crippen molar-refractivity contribution >= 4 is 21.9 Å². The molecular weight excluding hydrogens is 188 g/mol. The number of aliphatic hydroxyl groups excluding tert-OH is 1. The van der Waals surface area contributed by atoms with Gasteiger partial charge in [-0.2, -0.15) is 11.8 Å². The monoisotopic (exact) mass is 199 g/mol. The minimum Gasteiger partial charge on any atom is -0.748 e. The third kappa shape index (κ3) is 10.2. The van der Waals surface area contributed by atoms with E-state index < -0.39 is 16.2 Å². The number of aliphatic hydroxyl groups is 1. The van der Waals surface area contributed by atoms with Crippen LogP contribution in [-0.4, -0.2) is 41.4 Å². The summed E-state index contributed by atoms with van der Waals surface area (Å²) in [6.45, 7) is 1.61. The highest BCUT2D eigenvalue weighted by molar-refractivity contribution is 8.00. The van der Waals surface area contributed by atoms with Crippen molar-refractivity contribution in [3.05, 3.63) is 0 Å². The van der Waals surface area contributed by atoms with E-state index in [0.29, 0.717) is 5.75 Å². The van der Waals surface area contributed by atoms with Gasteiger partial charge >= 0.3 is 0 Å². The van der Waals surface area contributed by atoms with E-state index in [0.717, 1.165) is 0 Å². The Balaban J connectivity index is 3.30. The van der Waals surface area contributed by atoms with Crippen molar-refractivity contribution in [2.45, 2.75) is 13.0 Å². The van der Waals surface area contributed by atoms with Gasteiger partial charge in [0.15, 0.2) is 0 Å². The molecule has 0 aromatic heterocycles. The van der Waals surface area contributed by atoms with Gasteiger partial charge in [0.2, 0.25) is 0 Å². The van der Waals surface area contributed by atoms with Gasteiger partial charge in [0.05, 0.1) is 16.2 Å². The van der Waals surface area contributed by atoms with Crippen LogP contribution in [0.1, 0.15) is 6.92 Å². The smallest absolute Gasteiger partial charge is 0.0954 e. The zero-order valence-electron chi connectivity index (χ0n) is 6.19. The van der Waals surface area contributed by atoms with E-state index in [-0.39, 0.29) is 11.5 Å². The SMILES string of the molecule is C[C@H](O)CSCCS(=O)(=O)[O-]. The van der Waals surface area contributed by atoms with Crippen LogP contribution in [0.25, 0.3) is 0 Å². The molecule has 1 N–H and O–H groups in total. The largest absolute Gasteiger partial charge is 0.748 e. The Bertz CT molecular complexity index is 185. The molecule has 0 amide bonds. The first-order valence-corrected chi connectivity index (χ1v) is 5.84. The maximum absolute atomic E-state index is 10.0. The molecule has 0 aromatic rings. The van der Waals surface area contributed by atoms with E-state index in [2.05, 4.69) is 0 Å². The Hall–Kier alpha value is 0.220. The van der Waals surface area contributed by atoms with Crippen LogP contribution in [0.5, 0.6) is 0 Å². The molecule has 11 heavy (non-hydrogen) atoms. The number of hydrogen-bond donors (Lipinski definition) is 1. The summed E-state index contributed by atoms with van der Waals surface area (Å²) < 4.78 is 30.1. The molecule has 0 spiro atoms. The van der Waals surface area contributed by atoms with E-state index >= 15 is 0 Å². The van der Waals surface area contributed by atoms with Crippen molar-refractivity contribution in [2.24, 2.45) is 0 Å². The minimum atomic E-state index is -4.07. The molecule has 0 heterocycles. The molecule has 0 aliphatic rings. The predicted molar refractivity (Wildman–Crippen MR) is 43.6 cm³/mol. The number of rotatable bonds is 5. The van der Waals surface area contributed by atoms with E-state index in [1.54, 1.807) is 6.92 Å². The first-order valence-electron chi connectivity index (χ1n) is 3.11. The second-order valence-corrected chi connectivity index (χ2v) is 4.86. The Morgan fingerprint density at radius 2 is 2.18 bits per heavy atom. The van der Waals surface area contributed by atoms with Crippen molar-refractivity contribution < 1.29 is 18.1 Å². The summed E-state index contributed by atoms with van der Waals surface area (Å²) >= 11 is 1.26. The fraction of sp³-hybridized carbons (Fsp3) is 1.00. The van der Waals surface area contributed by atoms with Gasteiger partial charge in [-0.25, -0.2) is 8.42 Å². The van der Waals surface area contributed by atoms with E-state index in [1.807, 2.05) is 0 Å². The van der Waals surface area contributed by atoms with Crippen LogP contribution in [-0.2, 0) is 10.1 Å². The lowest BCUT2D eigenvalue weighted by atomic mass is 10.5. The van der Waals surface area contributed by atoms with Crippen LogP contribution < -0.4 is 0 Å². The molecule has 0 saturated carbocycles. The molecule has 0 aliphatic heterocycles. The number of thioether (sulfide) groups is 1. The average Bonchev–Trinajstić information content (AvgIpc) is 1.78. The fourth-order valence-corrected chi connectivity index (χ4v) is 2.21. The summed E-state index contributed by atoms with van der Waals surface area (Å²) in [5.41, 5.74) is 0. The van der Waals surface area contributed by atoms with Gasteiger partial charge in [-0.05, 0) is 6.92 Å². The number of hydrogen-bond acceptors (Lipinski definition) is 5. The lowest BCUT2D eigenvalue weighted by Crippen LogP contribution is -2.09. The van der Waals surface area contributed by atoms with Gasteiger partial charge in [0.1, 0.15) is 0 Å². The molecule has 0 rings (SSSR count).